The van der Waals surface area contributed by atoms with Gasteiger partial charge in [-0.3, -0.25) is 4.79 Å². The number of methoxy groups -OCH3 is 1. The summed E-state index contributed by atoms with van der Waals surface area (Å²) >= 11 is 1.44. The lowest BCUT2D eigenvalue weighted by molar-refractivity contribution is -0.124. The van der Waals surface area contributed by atoms with Crippen LogP contribution in [-0.4, -0.2) is 30.7 Å². The van der Waals surface area contributed by atoms with Gasteiger partial charge >= 0.3 is 5.97 Å². The second-order valence-electron chi connectivity index (χ2n) is 6.00. The number of para-hydroxylation sites is 1. The van der Waals surface area contributed by atoms with Crippen LogP contribution in [0.2, 0.25) is 0 Å². The number of phenolic OH excluding ortho intramolecular Hbond substituents is 1. The zero-order valence-corrected chi connectivity index (χ0v) is 16.2. The minimum atomic E-state index is -0.856. The van der Waals surface area contributed by atoms with Gasteiger partial charge in [0.15, 0.2) is 18.1 Å². The Labute approximate surface area is 170 Å². The smallest absolute Gasteiger partial charge is 0.342 e. The molecule has 0 aliphatic rings. The fourth-order valence-corrected chi connectivity index (χ4v) is 3.50. The average Bonchev–Trinajstić information content (AvgIpc) is 3.26. The van der Waals surface area contributed by atoms with Crippen molar-refractivity contribution in [1.29, 1.82) is 0 Å². The van der Waals surface area contributed by atoms with Crippen LogP contribution >= 0.6 is 11.3 Å². The predicted molar refractivity (Wildman–Crippen MR) is 106 cm³/mol. The number of carbonyl (C=O) groups excluding carboxylic acids is 2. The third kappa shape index (κ3) is 4.91. The van der Waals surface area contributed by atoms with Crippen LogP contribution in [0.15, 0.2) is 60.0 Å². The molecule has 1 atom stereocenters. The monoisotopic (exact) mass is 415 g/mol. The first-order chi connectivity index (χ1) is 14.0. The number of benzene rings is 2. The molecule has 0 aliphatic heterocycles. The van der Waals surface area contributed by atoms with Crippen molar-refractivity contribution < 1.29 is 28.6 Å². The summed E-state index contributed by atoms with van der Waals surface area (Å²) in [6.07, 6.45) is 0. The second kappa shape index (κ2) is 9.20. The number of phenols is 1. The number of hydrogen-bond acceptors (Lipinski definition) is 6. The van der Waals surface area contributed by atoms with E-state index < -0.39 is 24.5 Å². The number of ether oxygens (including phenoxy) is 2. The molecule has 3 rings (SSSR count). The van der Waals surface area contributed by atoms with Gasteiger partial charge in [-0.05, 0) is 41.3 Å². The van der Waals surface area contributed by atoms with Gasteiger partial charge in [0.1, 0.15) is 11.4 Å². The number of nitrogens with one attached hydrogen (secondary N) is 1. The van der Waals surface area contributed by atoms with E-state index in [9.17, 15) is 19.1 Å². The van der Waals surface area contributed by atoms with Gasteiger partial charge in [0.05, 0.1) is 13.2 Å². The molecule has 29 heavy (non-hydrogen) atoms. The Kier molecular flexibility index (Phi) is 6.46. The van der Waals surface area contributed by atoms with Crippen LogP contribution in [0.4, 0.5) is 4.39 Å². The van der Waals surface area contributed by atoms with Crippen molar-refractivity contribution in [3.8, 4) is 11.5 Å². The Bertz CT molecular complexity index is 989. The Morgan fingerprint density at radius 1 is 1.14 bits per heavy atom. The zero-order valence-electron chi connectivity index (χ0n) is 15.4. The largest absolute Gasteiger partial charge is 0.504 e. The molecule has 2 aromatic carbocycles. The molecular weight excluding hydrogens is 397 g/mol. The quantitative estimate of drug-likeness (QED) is 0.576. The van der Waals surface area contributed by atoms with Crippen LogP contribution in [-0.2, 0) is 9.53 Å². The molecule has 2 N–H and O–H groups in total. The molecule has 1 unspecified atom stereocenters. The number of rotatable bonds is 7. The van der Waals surface area contributed by atoms with E-state index in [1.54, 1.807) is 12.1 Å². The maximum absolute atomic E-state index is 13.2. The molecular formula is C21H18FNO5S. The lowest BCUT2D eigenvalue weighted by atomic mass is 10.1. The lowest BCUT2D eigenvalue weighted by Crippen LogP contribution is -2.32. The maximum atomic E-state index is 13.2. The number of hydrogen-bond donors (Lipinski definition) is 2. The molecule has 0 bridgehead atoms. The van der Waals surface area contributed by atoms with Crippen LogP contribution in [0.1, 0.15) is 26.8 Å². The molecule has 0 saturated carbocycles. The van der Waals surface area contributed by atoms with Crippen LogP contribution < -0.4 is 10.1 Å². The van der Waals surface area contributed by atoms with E-state index in [-0.39, 0.29) is 22.9 Å². The molecule has 6 nitrogen and oxygen atoms in total. The highest BCUT2D eigenvalue weighted by Crippen LogP contribution is 2.30. The SMILES string of the molecule is COc1cccc(C(=O)OCC(=O)NC(c2ccc(F)cc2)c2cccs2)c1O. The summed E-state index contributed by atoms with van der Waals surface area (Å²) in [5.74, 6) is -2.01. The predicted octanol–water partition coefficient (Wildman–Crippen LogP) is 3.66. The van der Waals surface area contributed by atoms with Crippen LogP contribution in [0.25, 0.3) is 0 Å². The maximum Gasteiger partial charge on any atom is 0.342 e. The van der Waals surface area contributed by atoms with Crippen molar-refractivity contribution >= 4 is 23.2 Å². The summed E-state index contributed by atoms with van der Waals surface area (Å²) in [5.41, 5.74) is 0.587. The van der Waals surface area contributed by atoms with Gasteiger partial charge in [-0.15, -0.1) is 11.3 Å². The molecule has 1 aromatic heterocycles. The van der Waals surface area contributed by atoms with Crippen molar-refractivity contribution in [2.24, 2.45) is 0 Å². The zero-order chi connectivity index (χ0) is 20.8. The first-order valence-electron chi connectivity index (χ1n) is 8.61. The van der Waals surface area contributed by atoms with Gasteiger partial charge in [-0.1, -0.05) is 24.3 Å². The minimum Gasteiger partial charge on any atom is -0.504 e. The van der Waals surface area contributed by atoms with Gasteiger partial charge in [-0.2, -0.15) is 0 Å². The number of esters is 1. The molecule has 3 aromatic rings. The molecule has 0 saturated heterocycles. The Balaban J connectivity index is 1.68. The molecule has 0 fully saturated rings. The topological polar surface area (TPSA) is 84.9 Å². The third-order valence-electron chi connectivity index (χ3n) is 4.11. The van der Waals surface area contributed by atoms with E-state index in [4.69, 9.17) is 9.47 Å². The first kappa shape index (κ1) is 20.3. The molecule has 0 aliphatic carbocycles. The van der Waals surface area contributed by atoms with Crippen molar-refractivity contribution in [2.45, 2.75) is 6.04 Å². The lowest BCUT2D eigenvalue weighted by Gasteiger charge is -2.18. The highest BCUT2D eigenvalue weighted by Gasteiger charge is 2.21. The number of halogens is 1. The minimum absolute atomic E-state index is 0.106. The third-order valence-corrected chi connectivity index (χ3v) is 5.05. The van der Waals surface area contributed by atoms with E-state index in [0.717, 1.165) is 4.88 Å². The van der Waals surface area contributed by atoms with E-state index in [1.807, 2.05) is 17.5 Å². The molecule has 0 spiro atoms. The fraction of sp³-hybridized carbons (Fsp3) is 0.143. The van der Waals surface area contributed by atoms with Gasteiger partial charge in [0.25, 0.3) is 5.91 Å². The average molecular weight is 415 g/mol. The summed E-state index contributed by atoms with van der Waals surface area (Å²) < 4.78 is 23.2. The van der Waals surface area contributed by atoms with Crippen molar-refractivity contribution in [2.75, 3.05) is 13.7 Å². The normalized spacial score (nSPS) is 11.5. The van der Waals surface area contributed by atoms with Gasteiger partial charge in [0.2, 0.25) is 0 Å². The molecule has 1 amide bonds. The van der Waals surface area contributed by atoms with Crippen molar-refractivity contribution in [3.05, 3.63) is 81.8 Å². The number of carbonyl (C=O) groups is 2. The van der Waals surface area contributed by atoms with Crippen LogP contribution in [0.3, 0.4) is 0 Å². The molecule has 8 heteroatoms. The van der Waals surface area contributed by atoms with Gasteiger partial charge in [0, 0.05) is 4.88 Å². The van der Waals surface area contributed by atoms with Crippen molar-refractivity contribution in [3.63, 3.8) is 0 Å². The summed E-state index contributed by atoms with van der Waals surface area (Å²) in [6.45, 7) is -0.543. The van der Waals surface area contributed by atoms with E-state index in [2.05, 4.69) is 5.32 Å². The Hall–Kier alpha value is -3.39. The summed E-state index contributed by atoms with van der Waals surface area (Å²) in [7, 11) is 1.36. The number of thiophene rings is 1. The van der Waals surface area contributed by atoms with Gasteiger partial charge in [-0.25, -0.2) is 9.18 Å². The molecule has 150 valence electrons. The van der Waals surface area contributed by atoms with Gasteiger partial charge < -0.3 is 19.9 Å². The Morgan fingerprint density at radius 3 is 2.55 bits per heavy atom. The highest BCUT2D eigenvalue weighted by atomic mass is 32.1. The van der Waals surface area contributed by atoms with E-state index >= 15 is 0 Å². The summed E-state index contributed by atoms with van der Waals surface area (Å²) in [5, 5.41) is 14.7. The Morgan fingerprint density at radius 2 is 1.90 bits per heavy atom. The van der Waals surface area contributed by atoms with Crippen molar-refractivity contribution in [1.82, 2.24) is 5.32 Å². The summed E-state index contributed by atoms with van der Waals surface area (Å²) in [6, 6.07) is 13.4. The van der Waals surface area contributed by atoms with E-state index in [1.165, 1.54) is 48.8 Å². The fourth-order valence-electron chi connectivity index (χ4n) is 2.69. The second-order valence-corrected chi connectivity index (χ2v) is 6.98. The highest BCUT2D eigenvalue weighted by molar-refractivity contribution is 7.10. The molecule has 0 radical (unpaired) electrons. The number of amides is 1. The summed E-state index contributed by atoms with van der Waals surface area (Å²) in [4.78, 5) is 25.4. The molecule has 1 heterocycles. The van der Waals surface area contributed by atoms with E-state index in [0.29, 0.717) is 5.56 Å². The number of aromatic hydroxyl groups is 1. The van der Waals surface area contributed by atoms with Crippen LogP contribution in [0, 0.1) is 5.82 Å². The first-order valence-corrected chi connectivity index (χ1v) is 9.49. The van der Waals surface area contributed by atoms with Crippen LogP contribution in [0.5, 0.6) is 11.5 Å². The standard InChI is InChI=1S/C21H18FNO5S/c1-27-16-5-2-4-15(20(16)25)21(26)28-12-18(24)23-19(17-6-3-11-29-17)13-7-9-14(22)10-8-13/h2-11,19,25H,12H2,1H3,(H,23,24).